The summed E-state index contributed by atoms with van der Waals surface area (Å²) in [6.45, 7) is 2.63. The molecule has 1 aromatic heterocycles. The van der Waals surface area contributed by atoms with Crippen molar-refractivity contribution in [1.29, 1.82) is 0 Å². The van der Waals surface area contributed by atoms with E-state index in [1.807, 2.05) is 12.3 Å². The Bertz CT molecular complexity index is 535. The predicted molar refractivity (Wildman–Crippen MR) is 101 cm³/mol. The SMILES string of the molecule is CN=C(NCCc1csc(C)n1)NC1CCN(CC(F)(F)F)C1.I. The molecule has 1 fully saturated rings. The summed E-state index contributed by atoms with van der Waals surface area (Å²) >= 11 is 1.62. The second-order valence-corrected chi connectivity index (χ2v) is 6.65. The number of hydrogen-bond acceptors (Lipinski definition) is 4. The van der Waals surface area contributed by atoms with Gasteiger partial charge in [0.15, 0.2) is 5.96 Å². The van der Waals surface area contributed by atoms with Crippen LogP contribution in [0.25, 0.3) is 0 Å². The van der Waals surface area contributed by atoms with E-state index in [0.717, 1.165) is 17.1 Å². The molecule has 24 heavy (non-hydrogen) atoms. The van der Waals surface area contributed by atoms with Crippen LogP contribution in [-0.4, -0.2) is 61.3 Å². The van der Waals surface area contributed by atoms with E-state index < -0.39 is 12.7 Å². The maximum Gasteiger partial charge on any atom is 0.401 e. The monoisotopic (exact) mass is 477 g/mol. The zero-order chi connectivity index (χ0) is 16.9. The Morgan fingerprint density at radius 2 is 2.25 bits per heavy atom. The van der Waals surface area contributed by atoms with Crippen molar-refractivity contribution in [3.8, 4) is 0 Å². The highest BCUT2D eigenvalue weighted by atomic mass is 127. The van der Waals surface area contributed by atoms with Crippen molar-refractivity contribution >= 4 is 41.3 Å². The second-order valence-electron chi connectivity index (χ2n) is 5.59. The number of rotatable bonds is 5. The molecule has 0 amide bonds. The zero-order valence-electron chi connectivity index (χ0n) is 13.7. The van der Waals surface area contributed by atoms with Gasteiger partial charge in [-0.25, -0.2) is 4.98 Å². The lowest BCUT2D eigenvalue weighted by atomic mass is 10.3. The van der Waals surface area contributed by atoms with Crippen molar-refractivity contribution in [2.75, 3.05) is 33.2 Å². The first-order chi connectivity index (χ1) is 10.9. The Labute approximate surface area is 161 Å². The van der Waals surface area contributed by atoms with Crippen molar-refractivity contribution in [3.05, 3.63) is 16.1 Å². The molecular formula is C14H23F3IN5S. The van der Waals surface area contributed by atoms with Crippen LogP contribution in [0.4, 0.5) is 13.2 Å². The third-order valence-electron chi connectivity index (χ3n) is 3.58. The molecule has 1 unspecified atom stereocenters. The molecule has 0 aromatic carbocycles. The number of aryl methyl sites for hydroxylation is 1. The van der Waals surface area contributed by atoms with Gasteiger partial charge in [0, 0.05) is 44.5 Å². The number of alkyl halides is 3. The Morgan fingerprint density at radius 3 is 2.83 bits per heavy atom. The lowest BCUT2D eigenvalue weighted by molar-refractivity contribution is -0.143. The number of aliphatic imine (C=N–C) groups is 1. The third kappa shape index (κ3) is 7.51. The van der Waals surface area contributed by atoms with Gasteiger partial charge in [0.1, 0.15) is 0 Å². The molecule has 0 radical (unpaired) electrons. The Hall–Kier alpha value is -0.620. The van der Waals surface area contributed by atoms with Crippen molar-refractivity contribution in [1.82, 2.24) is 20.5 Å². The number of nitrogens with one attached hydrogen (secondary N) is 2. The minimum absolute atomic E-state index is 0. The molecule has 5 nitrogen and oxygen atoms in total. The van der Waals surface area contributed by atoms with Gasteiger partial charge in [-0.3, -0.25) is 9.89 Å². The van der Waals surface area contributed by atoms with Crippen molar-refractivity contribution in [2.45, 2.75) is 32.0 Å². The van der Waals surface area contributed by atoms with Gasteiger partial charge in [-0.2, -0.15) is 13.2 Å². The molecule has 0 bridgehead atoms. The first-order valence-corrected chi connectivity index (χ1v) is 8.41. The molecule has 2 heterocycles. The van der Waals surface area contributed by atoms with Gasteiger partial charge in [-0.05, 0) is 13.3 Å². The summed E-state index contributed by atoms with van der Waals surface area (Å²) in [6.07, 6.45) is -2.67. The lowest BCUT2D eigenvalue weighted by Gasteiger charge is -2.19. The van der Waals surface area contributed by atoms with Gasteiger partial charge in [0.05, 0.1) is 17.2 Å². The second kappa shape index (κ2) is 9.76. The predicted octanol–water partition coefficient (Wildman–Crippen LogP) is 2.41. The van der Waals surface area contributed by atoms with Crippen LogP contribution < -0.4 is 10.6 Å². The average molecular weight is 477 g/mol. The van der Waals surface area contributed by atoms with Crippen LogP contribution in [-0.2, 0) is 6.42 Å². The normalized spacial score (nSPS) is 19.2. The summed E-state index contributed by atoms with van der Waals surface area (Å²) in [7, 11) is 1.66. The van der Waals surface area contributed by atoms with E-state index in [1.165, 1.54) is 4.90 Å². The number of likely N-dealkylation sites (tertiary alicyclic amines) is 1. The van der Waals surface area contributed by atoms with E-state index in [2.05, 4.69) is 20.6 Å². The van der Waals surface area contributed by atoms with Crippen molar-refractivity contribution < 1.29 is 13.2 Å². The first-order valence-electron chi connectivity index (χ1n) is 7.53. The van der Waals surface area contributed by atoms with E-state index >= 15 is 0 Å². The van der Waals surface area contributed by atoms with Gasteiger partial charge >= 0.3 is 6.18 Å². The number of halogens is 4. The first kappa shape index (κ1) is 21.4. The molecule has 1 atom stereocenters. The van der Waals surface area contributed by atoms with E-state index in [4.69, 9.17) is 0 Å². The van der Waals surface area contributed by atoms with E-state index in [1.54, 1.807) is 18.4 Å². The number of hydrogen-bond donors (Lipinski definition) is 2. The fourth-order valence-corrected chi connectivity index (χ4v) is 3.21. The fourth-order valence-electron chi connectivity index (χ4n) is 2.57. The zero-order valence-corrected chi connectivity index (χ0v) is 16.8. The van der Waals surface area contributed by atoms with E-state index in [0.29, 0.717) is 32.0 Å². The van der Waals surface area contributed by atoms with E-state index in [-0.39, 0.29) is 30.0 Å². The van der Waals surface area contributed by atoms with Crippen LogP contribution in [0.5, 0.6) is 0 Å². The topological polar surface area (TPSA) is 52.6 Å². The highest BCUT2D eigenvalue weighted by molar-refractivity contribution is 14.0. The molecular weight excluding hydrogens is 454 g/mol. The Kier molecular flexibility index (Phi) is 8.71. The molecule has 2 rings (SSSR count). The number of guanidine groups is 1. The highest BCUT2D eigenvalue weighted by Crippen LogP contribution is 2.19. The summed E-state index contributed by atoms with van der Waals surface area (Å²) in [5.41, 5.74) is 1.03. The van der Waals surface area contributed by atoms with Gasteiger partial charge in [0.2, 0.25) is 0 Å². The molecule has 1 aliphatic heterocycles. The molecule has 0 saturated carbocycles. The molecule has 0 aliphatic carbocycles. The quantitative estimate of drug-likeness (QED) is 0.389. The van der Waals surface area contributed by atoms with Crippen molar-refractivity contribution in [3.63, 3.8) is 0 Å². The molecule has 0 spiro atoms. The minimum Gasteiger partial charge on any atom is -0.356 e. The molecule has 1 aliphatic rings. The van der Waals surface area contributed by atoms with Crippen LogP contribution in [0.2, 0.25) is 0 Å². The number of thiazole rings is 1. The summed E-state index contributed by atoms with van der Waals surface area (Å²) in [5.74, 6) is 0.621. The van der Waals surface area contributed by atoms with Crippen LogP contribution in [0.15, 0.2) is 10.4 Å². The lowest BCUT2D eigenvalue weighted by Crippen LogP contribution is -2.45. The van der Waals surface area contributed by atoms with Gasteiger partial charge in [-0.15, -0.1) is 35.3 Å². The van der Waals surface area contributed by atoms with Gasteiger partial charge in [0.25, 0.3) is 0 Å². The number of nitrogens with zero attached hydrogens (tertiary/aromatic N) is 3. The van der Waals surface area contributed by atoms with E-state index in [9.17, 15) is 13.2 Å². The largest absolute Gasteiger partial charge is 0.401 e. The smallest absolute Gasteiger partial charge is 0.356 e. The third-order valence-corrected chi connectivity index (χ3v) is 4.40. The molecule has 10 heteroatoms. The van der Waals surface area contributed by atoms with Gasteiger partial charge in [-0.1, -0.05) is 0 Å². The van der Waals surface area contributed by atoms with Crippen LogP contribution in [0.3, 0.4) is 0 Å². The summed E-state index contributed by atoms with van der Waals surface area (Å²) in [4.78, 5) is 9.93. The summed E-state index contributed by atoms with van der Waals surface area (Å²) in [6, 6.07) is -0.00920. The highest BCUT2D eigenvalue weighted by Gasteiger charge is 2.34. The summed E-state index contributed by atoms with van der Waals surface area (Å²) < 4.78 is 37.2. The Balaban J connectivity index is 0.00000288. The van der Waals surface area contributed by atoms with Crippen LogP contribution >= 0.6 is 35.3 Å². The molecule has 1 aromatic rings. The van der Waals surface area contributed by atoms with Gasteiger partial charge < -0.3 is 10.6 Å². The maximum absolute atomic E-state index is 12.4. The molecule has 2 N–H and O–H groups in total. The maximum atomic E-state index is 12.4. The molecule has 1 saturated heterocycles. The van der Waals surface area contributed by atoms with Crippen LogP contribution in [0.1, 0.15) is 17.1 Å². The van der Waals surface area contributed by atoms with Crippen molar-refractivity contribution in [2.24, 2.45) is 4.99 Å². The average Bonchev–Trinajstić information content (AvgIpc) is 3.05. The fraction of sp³-hybridized carbons (Fsp3) is 0.714. The standard InChI is InChI=1S/C14H22F3N5S.HI/c1-10-20-12(8-23-10)3-5-19-13(18-2)21-11-4-6-22(7-11)9-14(15,16)17;/h8,11H,3-7,9H2,1-2H3,(H2,18,19,21);1H. The van der Waals surface area contributed by atoms with Crippen LogP contribution in [0, 0.1) is 6.92 Å². The minimum atomic E-state index is -4.14. The Morgan fingerprint density at radius 1 is 1.50 bits per heavy atom. The number of aromatic nitrogens is 1. The molecule has 138 valence electrons. The summed E-state index contributed by atoms with van der Waals surface area (Å²) in [5, 5.41) is 9.43.